The normalized spacial score (nSPS) is 12.0. The molecule has 0 aliphatic rings. The molecule has 34 heavy (non-hydrogen) atoms. The van der Waals surface area contributed by atoms with Crippen LogP contribution in [0.5, 0.6) is 5.75 Å². The number of hydrogen-bond donors (Lipinski definition) is 1. The molecule has 0 heterocycles. The highest BCUT2D eigenvalue weighted by Crippen LogP contribution is 2.20. The van der Waals surface area contributed by atoms with Crippen molar-refractivity contribution >= 4 is 27.5 Å². The zero-order valence-electron chi connectivity index (χ0n) is 20.0. The van der Waals surface area contributed by atoms with Crippen molar-refractivity contribution in [3.05, 3.63) is 59.9 Å². The van der Waals surface area contributed by atoms with Crippen LogP contribution in [0.4, 0.5) is 10.1 Å². The van der Waals surface area contributed by atoms with E-state index in [1.807, 2.05) is 6.07 Å². The third-order valence-electron chi connectivity index (χ3n) is 5.27. The van der Waals surface area contributed by atoms with Crippen molar-refractivity contribution in [2.45, 2.75) is 39.3 Å². The molecule has 0 unspecified atom stereocenters. The van der Waals surface area contributed by atoms with Gasteiger partial charge in [0.2, 0.25) is 21.8 Å². The third kappa shape index (κ3) is 7.72. The molecule has 2 rings (SSSR count). The van der Waals surface area contributed by atoms with Gasteiger partial charge in [0.1, 0.15) is 17.6 Å². The number of nitrogens with zero attached hydrogens (tertiary/aromatic N) is 2. The molecule has 2 amide bonds. The van der Waals surface area contributed by atoms with Gasteiger partial charge in [0.15, 0.2) is 0 Å². The number of amides is 2. The molecule has 10 heteroatoms. The Bertz CT molecular complexity index is 1080. The number of anilines is 1. The van der Waals surface area contributed by atoms with Gasteiger partial charge < -0.3 is 15.0 Å². The first kappa shape index (κ1) is 27.1. The molecule has 1 N–H and O–H groups in total. The highest BCUT2D eigenvalue weighted by molar-refractivity contribution is 7.92. The number of likely N-dealkylation sites (N-methyl/N-ethyl adjacent to an activating group) is 1. The van der Waals surface area contributed by atoms with Crippen LogP contribution >= 0.6 is 0 Å². The fourth-order valence-corrected chi connectivity index (χ4v) is 4.45. The molecule has 0 bridgehead atoms. The van der Waals surface area contributed by atoms with E-state index in [4.69, 9.17) is 4.74 Å². The summed E-state index contributed by atoms with van der Waals surface area (Å²) in [4.78, 5) is 27.1. The molecule has 0 aliphatic heterocycles. The van der Waals surface area contributed by atoms with E-state index >= 15 is 0 Å². The zero-order chi connectivity index (χ0) is 25.3. The summed E-state index contributed by atoms with van der Waals surface area (Å²) in [6, 6.07) is 11.6. The predicted octanol–water partition coefficient (Wildman–Crippen LogP) is 2.93. The van der Waals surface area contributed by atoms with Crippen LogP contribution in [0.15, 0.2) is 48.5 Å². The Kier molecular flexibility index (Phi) is 9.85. The van der Waals surface area contributed by atoms with Gasteiger partial charge in [-0.05, 0) is 62.2 Å². The number of carbonyl (C=O) groups excluding carboxylic acids is 2. The number of methoxy groups -OCH3 is 1. The number of nitrogens with one attached hydrogen (secondary N) is 1. The first-order valence-corrected chi connectivity index (χ1v) is 12.8. The molecule has 0 fully saturated rings. The highest BCUT2D eigenvalue weighted by Gasteiger charge is 2.26. The van der Waals surface area contributed by atoms with Crippen LogP contribution in [-0.4, -0.2) is 57.6 Å². The van der Waals surface area contributed by atoms with Crippen molar-refractivity contribution in [2.24, 2.45) is 0 Å². The van der Waals surface area contributed by atoms with Crippen LogP contribution in [-0.2, 0) is 26.2 Å². The summed E-state index contributed by atoms with van der Waals surface area (Å²) in [5, 5.41) is 2.73. The number of hydrogen-bond acceptors (Lipinski definition) is 5. The van der Waals surface area contributed by atoms with Crippen molar-refractivity contribution in [2.75, 3.05) is 30.8 Å². The van der Waals surface area contributed by atoms with E-state index in [9.17, 15) is 22.4 Å². The summed E-state index contributed by atoms with van der Waals surface area (Å²) in [7, 11) is -2.08. The lowest BCUT2D eigenvalue weighted by atomic mass is 10.1. The number of sulfonamides is 1. The first-order valence-electron chi connectivity index (χ1n) is 11.0. The van der Waals surface area contributed by atoms with E-state index in [2.05, 4.69) is 5.32 Å². The molecule has 8 nitrogen and oxygen atoms in total. The quantitative estimate of drug-likeness (QED) is 0.491. The molecule has 2 aromatic carbocycles. The monoisotopic (exact) mass is 493 g/mol. The van der Waals surface area contributed by atoms with Gasteiger partial charge in [0.05, 0.1) is 19.1 Å². The summed E-state index contributed by atoms with van der Waals surface area (Å²) in [5.41, 5.74) is 1.12. The summed E-state index contributed by atoms with van der Waals surface area (Å²) in [6.07, 6.45) is 1.31. The average Bonchev–Trinajstić information content (AvgIpc) is 2.80. The zero-order valence-corrected chi connectivity index (χ0v) is 20.8. The molecular formula is C24H32FN3O5S. The molecule has 0 aromatic heterocycles. The fraction of sp³-hybridized carbons (Fsp3) is 0.417. The maximum atomic E-state index is 13.3. The average molecular weight is 494 g/mol. The van der Waals surface area contributed by atoms with E-state index in [-0.39, 0.29) is 37.7 Å². The minimum atomic E-state index is -3.63. The Morgan fingerprint density at radius 1 is 1.15 bits per heavy atom. The molecule has 0 aliphatic carbocycles. The molecule has 0 spiro atoms. The van der Waals surface area contributed by atoms with E-state index in [0.29, 0.717) is 18.0 Å². The van der Waals surface area contributed by atoms with E-state index in [1.54, 1.807) is 39.2 Å². The minimum absolute atomic E-state index is 0.0287. The molecular weight excluding hydrogens is 461 g/mol. The SMILES string of the molecule is CCNC(=O)[C@@H](C)N(Cc1cccc(OC)c1)C(=O)CCCN(c1ccc(F)cc1)S(C)(=O)=O. The Morgan fingerprint density at radius 3 is 2.41 bits per heavy atom. The van der Waals surface area contributed by atoms with Gasteiger partial charge in [0, 0.05) is 26.1 Å². The van der Waals surface area contributed by atoms with Gasteiger partial charge in [0.25, 0.3) is 0 Å². The Labute approximate surface area is 200 Å². The van der Waals surface area contributed by atoms with Crippen LogP contribution in [0, 0.1) is 5.82 Å². The second-order valence-corrected chi connectivity index (χ2v) is 9.77. The van der Waals surface area contributed by atoms with Crippen LogP contribution in [0.25, 0.3) is 0 Å². The Balaban J connectivity index is 2.16. The lowest BCUT2D eigenvalue weighted by Crippen LogP contribution is -2.47. The van der Waals surface area contributed by atoms with Gasteiger partial charge in [-0.15, -0.1) is 0 Å². The van der Waals surface area contributed by atoms with Crippen LogP contribution < -0.4 is 14.4 Å². The number of carbonyl (C=O) groups is 2. The van der Waals surface area contributed by atoms with Crippen molar-refractivity contribution in [3.8, 4) is 5.75 Å². The highest BCUT2D eigenvalue weighted by atomic mass is 32.2. The minimum Gasteiger partial charge on any atom is -0.497 e. The largest absolute Gasteiger partial charge is 0.497 e. The molecule has 0 saturated heterocycles. The predicted molar refractivity (Wildman–Crippen MR) is 130 cm³/mol. The fourth-order valence-electron chi connectivity index (χ4n) is 3.48. The number of ether oxygens (including phenoxy) is 1. The Hall–Kier alpha value is -3.14. The summed E-state index contributed by atoms with van der Waals surface area (Å²) >= 11 is 0. The smallest absolute Gasteiger partial charge is 0.242 e. The lowest BCUT2D eigenvalue weighted by molar-refractivity contribution is -0.140. The molecule has 0 saturated carbocycles. The lowest BCUT2D eigenvalue weighted by Gasteiger charge is -2.29. The van der Waals surface area contributed by atoms with Crippen molar-refractivity contribution < 1.29 is 27.1 Å². The summed E-state index contributed by atoms with van der Waals surface area (Å²) in [6.45, 7) is 4.13. The van der Waals surface area contributed by atoms with Crippen LogP contribution in [0.1, 0.15) is 32.3 Å². The summed E-state index contributed by atoms with van der Waals surface area (Å²) in [5.74, 6) is -0.393. The van der Waals surface area contributed by atoms with Crippen LogP contribution in [0.2, 0.25) is 0 Å². The van der Waals surface area contributed by atoms with E-state index in [1.165, 1.54) is 29.2 Å². The van der Waals surface area contributed by atoms with E-state index < -0.39 is 21.9 Å². The molecule has 0 radical (unpaired) electrons. The maximum Gasteiger partial charge on any atom is 0.242 e. The molecule has 1 atom stereocenters. The van der Waals surface area contributed by atoms with Crippen molar-refractivity contribution in [1.82, 2.24) is 10.2 Å². The number of rotatable bonds is 12. The number of benzene rings is 2. The van der Waals surface area contributed by atoms with Gasteiger partial charge >= 0.3 is 0 Å². The van der Waals surface area contributed by atoms with Gasteiger partial charge in [-0.25, -0.2) is 12.8 Å². The van der Waals surface area contributed by atoms with Crippen molar-refractivity contribution in [1.29, 1.82) is 0 Å². The van der Waals surface area contributed by atoms with Crippen molar-refractivity contribution in [3.63, 3.8) is 0 Å². The third-order valence-corrected chi connectivity index (χ3v) is 6.47. The molecule has 2 aromatic rings. The standard InChI is InChI=1S/C24H32FN3O5S/c1-5-26-24(30)18(2)27(17-19-8-6-9-22(16-19)33-3)23(29)10-7-15-28(34(4,31)32)21-13-11-20(25)12-14-21/h6,8-9,11-14,16,18H,5,7,10,15,17H2,1-4H3,(H,26,30)/t18-/m1/s1. The van der Waals surface area contributed by atoms with Gasteiger partial charge in [-0.1, -0.05) is 12.1 Å². The topological polar surface area (TPSA) is 96.0 Å². The van der Waals surface area contributed by atoms with Crippen LogP contribution in [0.3, 0.4) is 0 Å². The summed E-state index contributed by atoms with van der Waals surface area (Å²) < 4.78 is 44.2. The van der Waals surface area contributed by atoms with Gasteiger partial charge in [-0.3, -0.25) is 13.9 Å². The second-order valence-electron chi connectivity index (χ2n) is 7.86. The maximum absolute atomic E-state index is 13.3. The second kappa shape index (κ2) is 12.4. The van der Waals surface area contributed by atoms with E-state index in [0.717, 1.165) is 16.1 Å². The molecule has 186 valence electrons. The number of halogens is 1. The first-order chi connectivity index (χ1) is 16.1. The van der Waals surface area contributed by atoms with Gasteiger partial charge in [-0.2, -0.15) is 0 Å². The Morgan fingerprint density at radius 2 is 1.82 bits per heavy atom.